The minimum Gasteiger partial charge on any atom is -0.467 e. The number of ether oxygens (including phenoxy) is 1. The maximum absolute atomic E-state index is 11.4. The first-order valence-corrected chi connectivity index (χ1v) is 4.74. The molecule has 0 spiro atoms. The summed E-state index contributed by atoms with van der Waals surface area (Å²) in [6.07, 6.45) is 1.40. The number of methoxy groups -OCH3 is 1. The fourth-order valence-corrected chi connectivity index (χ4v) is 1.36. The molecule has 0 radical (unpaired) electrons. The fraction of sp³-hybridized carbons (Fsp3) is 0.333. The zero-order chi connectivity index (χ0) is 12.6. The SMILES string of the molecule is COC(=O)C(C)(O)c1nc(N)c2[nH]cnc2n1. The van der Waals surface area contributed by atoms with Gasteiger partial charge in [0.1, 0.15) is 5.52 Å². The molecule has 8 heteroatoms. The van der Waals surface area contributed by atoms with Gasteiger partial charge in [0.05, 0.1) is 13.4 Å². The molecule has 0 fully saturated rings. The highest BCUT2D eigenvalue weighted by Crippen LogP contribution is 2.22. The zero-order valence-electron chi connectivity index (χ0n) is 9.26. The Morgan fingerprint density at radius 1 is 1.59 bits per heavy atom. The van der Waals surface area contributed by atoms with Crippen LogP contribution in [0.3, 0.4) is 0 Å². The minimum atomic E-state index is -1.96. The average molecular weight is 237 g/mol. The van der Waals surface area contributed by atoms with Crippen molar-refractivity contribution in [1.82, 2.24) is 19.9 Å². The normalized spacial score (nSPS) is 14.5. The molecule has 0 saturated heterocycles. The number of carbonyl (C=O) groups is 1. The Balaban J connectivity index is 2.59. The van der Waals surface area contributed by atoms with E-state index in [1.54, 1.807) is 0 Å². The van der Waals surface area contributed by atoms with E-state index in [1.807, 2.05) is 0 Å². The number of fused-ring (bicyclic) bond motifs is 1. The maximum Gasteiger partial charge on any atom is 0.345 e. The van der Waals surface area contributed by atoms with Crippen LogP contribution in [0.2, 0.25) is 0 Å². The van der Waals surface area contributed by atoms with Crippen molar-refractivity contribution in [3.8, 4) is 0 Å². The first-order chi connectivity index (χ1) is 7.96. The van der Waals surface area contributed by atoms with E-state index in [4.69, 9.17) is 5.73 Å². The molecule has 0 saturated carbocycles. The van der Waals surface area contributed by atoms with Gasteiger partial charge >= 0.3 is 5.97 Å². The van der Waals surface area contributed by atoms with E-state index in [9.17, 15) is 9.90 Å². The first-order valence-electron chi connectivity index (χ1n) is 4.74. The predicted molar refractivity (Wildman–Crippen MR) is 57.7 cm³/mol. The van der Waals surface area contributed by atoms with Gasteiger partial charge in [-0.25, -0.2) is 19.7 Å². The van der Waals surface area contributed by atoms with E-state index >= 15 is 0 Å². The highest BCUT2D eigenvalue weighted by molar-refractivity contribution is 5.83. The van der Waals surface area contributed by atoms with Crippen molar-refractivity contribution in [2.45, 2.75) is 12.5 Å². The predicted octanol–water partition coefficient (Wildman–Crippen LogP) is -0.684. The Hall–Kier alpha value is -2.22. The second-order valence-electron chi connectivity index (χ2n) is 3.60. The number of nitrogen functional groups attached to an aromatic ring is 1. The molecule has 0 bridgehead atoms. The molecule has 4 N–H and O–H groups in total. The van der Waals surface area contributed by atoms with Crippen LogP contribution in [0.15, 0.2) is 6.33 Å². The van der Waals surface area contributed by atoms with E-state index < -0.39 is 11.6 Å². The lowest BCUT2D eigenvalue weighted by molar-refractivity contribution is -0.162. The Morgan fingerprint density at radius 2 is 2.29 bits per heavy atom. The number of nitrogens with two attached hydrogens (primary N) is 1. The number of aliphatic hydroxyl groups is 1. The number of esters is 1. The van der Waals surface area contributed by atoms with E-state index in [2.05, 4.69) is 24.7 Å². The smallest absolute Gasteiger partial charge is 0.345 e. The van der Waals surface area contributed by atoms with Crippen LogP contribution < -0.4 is 5.73 Å². The topological polar surface area (TPSA) is 127 Å². The van der Waals surface area contributed by atoms with Crippen molar-refractivity contribution in [3.63, 3.8) is 0 Å². The molecule has 17 heavy (non-hydrogen) atoms. The molecule has 0 aliphatic rings. The maximum atomic E-state index is 11.4. The Labute approximate surface area is 95.9 Å². The molecule has 8 nitrogen and oxygen atoms in total. The summed E-state index contributed by atoms with van der Waals surface area (Å²) in [6, 6.07) is 0. The summed E-state index contributed by atoms with van der Waals surface area (Å²) in [6.45, 7) is 1.23. The number of hydrogen-bond acceptors (Lipinski definition) is 7. The lowest BCUT2D eigenvalue weighted by Gasteiger charge is -2.18. The van der Waals surface area contributed by atoms with Gasteiger partial charge < -0.3 is 20.6 Å². The molecule has 1 unspecified atom stereocenters. The number of aromatic nitrogens is 4. The highest BCUT2D eigenvalue weighted by atomic mass is 16.5. The molecule has 2 aromatic rings. The first kappa shape index (κ1) is 11.3. The van der Waals surface area contributed by atoms with Gasteiger partial charge in [-0.3, -0.25) is 0 Å². The minimum absolute atomic E-state index is 0.103. The molecule has 2 heterocycles. The zero-order valence-corrected chi connectivity index (χ0v) is 9.26. The van der Waals surface area contributed by atoms with Crippen LogP contribution in [0.5, 0.6) is 0 Å². The van der Waals surface area contributed by atoms with Gasteiger partial charge in [-0.15, -0.1) is 0 Å². The van der Waals surface area contributed by atoms with Crippen LogP contribution in [-0.4, -0.2) is 38.1 Å². The van der Waals surface area contributed by atoms with E-state index in [-0.39, 0.29) is 17.3 Å². The van der Waals surface area contributed by atoms with Crippen LogP contribution in [0.1, 0.15) is 12.7 Å². The Morgan fingerprint density at radius 3 is 2.94 bits per heavy atom. The third-order valence-corrected chi connectivity index (χ3v) is 2.33. The number of imidazole rings is 1. The van der Waals surface area contributed by atoms with Gasteiger partial charge in [0, 0.05) is 0 Å². The standard InChI is InChI=1S/C9H11N5O3/c1-9(16,8(15)17-2)7-13-5(10)4-6(14-7)12-3-11-4/h3,16H,1-2H3,(H3,10,11,12,13,14). The quantitative estimate of drug-likeness (QED) is 0.590. The number of nitrogens with one attached hydrogen (secondary N) is 1. The molecular formula is C9H11N5O3. The average Bonchev–Trinajstić information content (AvgIpc) is 2.76. The number of nitrogens with zero attached hydrogens (tertiary/aromatic N) is 3. The van der Waals surface area contributed by atoms with Gasteiger partial charge in [-0.2, -0.15) is 0 Å². The molecule has 0 aliphatic carbocycles. The largest absolute Gasteiger partial charge is 0.467 e. The van der Waals surface area contributed by atoms with Gasteiger partial charge in [0.2, 0.25) is 5.60 Å². The van der Waals surface area contributed by atoms with Crippen molar-refractivity contribution in [1.29, 1.82) is 0 Å². The van der Waals surface area contributed by atoms with Gasteiger partial charge in [0.25, 0.3) is 0 Å². The van der Waals surface area contributed by atoms with Gasteiger partial charge in [-0.1, -0.05) is 0 Å². The molecule has 1 atom stereocenters. The van der Waals surface area contributed by atoms with E-state index in [0.29, 0.717) is 5.52 Å². The number of aromatic amines is 1. The Kier molecular flexibility index (Phi) is 2.43. The third kappa shape index (κ3) is 1.68. The van der Waals surface area contributed by atoms with Crippen LogP contribution in [0.25, 0.3) is 11.2 Å². The molecule has 0 aromatic carbocycles. The second-order valence-corrected chi connectivity index (χ2v) is 3.60. The molecule has 0 amide bonds. The monoisotopic (exact) mass is 237 g/mol. The van der Waals surface area contributed by atoms with Gasteiger partial charge in [0.15, 0.2) is 17.3 Å². The molecular weight excluding hydrogens is 226 g/mol. The van der Waals surface area contributed by atoms with Crippen molar-refractivity contribution in [3.05, 3.63) is 12.2 Å². The van der Waals surface area contributed by atoms with Crippen LogP contribution in [0, 0.1) is 0 Å². The van der Waals surface area contributed by atoms with Crippen molar-refractivity contribution in [2.75, 3.05) is 12.8 Å². The fourth-order valence-electron chi connectivity index (χ4n) is 1.36. The summed E-state index contributed by atoms with van der Waals surface area (Å²) in [5, 5.41) is 9.98. The lowest BCUT2D eigenvalue weighted by atomic mass is 10.1. The number of carbonyl (C=O) groups excluding carboxylic acids is 1. The van der Waals surface area contributed by atoms with Crippen LogP contribution in [0.4, 0.5) is 5.82 Å². The summed E-state index contributed by atoms with van der Waals surface area (Å²) in [7, 11) is 1.16. The highest BCUT2D eigenvalue weighted by Gasteiger charge is 2.37. The van der Waals surface area contributed by atoms with Gasteiger partial charge in [-0.05, 0) is 6.92 Å². The molecule has 2 rings (SSSR count). The van der Waals surface area contributed by atoms with Crippen LogP contribution >= 0.6 is 0 Å². The number of H-pyrrole nitrogens is 1. The number of rotatable bonds is 2. The van der Waals surface area contributed by atoms with Crippen molar-refractivity contribution in [2.24, 2.45) is 0 Å². The van der Waals surface area contributed by atoms with Crippen molar-refractivity contribution < 1.29 is 14.6 Å². The molecule has 90 valence electrons. The third-order valence-electron chi connectivity index (χ3n) is 2.33. The molecule has 0 aliphatic heterocycles. The van der Waals surface area contributed by atoms with E-state index in [0.717, 1.165) is 7.11 Å². The Bertz CT molecular complexity index is 577. The summed E-state index contributed by atoms with van der Waals surface area (Å²) in [4.78, 5) is 25.8. The summed E-state index contributed by atoms with van der Waals surface area (Å²) < 4.78 is 4.46. The second kappa shape index (κ2) is 3.67. The summed E-state index contributed by atoms with van der Waals surface area (Å²) in [5.74, 6) is -0.917. The molecule has 2 aromatic heterocycles. The summed E-state index contributed by atoms with van der Waals surface area (Å²) >= 11 is 0. The van der Waals surface area contributed by atoms with Crippen molar-refractivity contribution >= 4 is 23.0 Å². The van der Waals surface area contributed by atoms with E-state index in [1.165, 1.54) is 13.3 Å². The van der Waals surface area contributed by atoms with Crippen LogP contribution in [-0.2, 0) is 15.1 Å². The number of anilines is 1. The number of hydrogen-bond donors (Lipinski definition) is 3. The lowest BCUT2D eigenvalue weighted by Crippen LogP contribution is -2.35. The summed E-state index contributed by atoms with van der Waals surface area (Å²) in [5.41, 5.74) is 4.42.